The monoisotopic (exact) mass is 298 g/mol. The first kappa shape index (κ1) is 14.4. The van der Waals surface area contributed by atoms with E-state index >= 15 is 0 Å². The summed E-state index contributed by atoms with van der Waals surface area (Å²) in [7, 11) is 0. The van der Waals surface area contributed by atoms with Gasteiger partial charge < -0.3 is 10.2 Å². The van der Waals surface area contributed by atoms with Crippen molar-refractivity contribution in [3.05, 3.63) is 23.5 Å². The Morgan fingerprint density at radius 3 is 2.82 bits per heavy atom. The third-order valence-corrected chi connectivity index (χ3v) is 7.50. The summed E-state index contributed by atoms with van der Waals surface area (Å²) < 4.78 is 0. The summed E-state index contributed by atoms with van der Waals surface area (Å²) in [5.74, 6) is 5.80. The Kier molecular flexibility index (Phi) is 3.04. The number of hydrogen-bond acceptors (Lipinski definition) is 2. The molecule has 2 heteroatoms. The van der Waals surface area contributed by atoms with Crippen LogP contribution in [-0.2, 0) is 0 Å². The molecule has 118 valence electrons. The topological polar surface area (TPSA) is 40.5 Å². The molecule has 0 heterocycles. The summed E-state index contributed by atoms with van der Waals surface area (Å²) in [6.45, 7) is 2.23. The molecule has 0 spiro atoms. The Bertz CT molecular complexity index is 595. The minimum absolute atomic E-state index is 0.110. The Balaban J connectivity index is 1.68. The fourth-order valence-corrected chi connectivity index (χ4v) is 6.19. The van der Waals surface area contributed by atoms with Gasteiger partial charge in [-0.05, 0) is 73.8 Å². The molecule has 22 heavy (non-hydrogen) atoms. The van der Waals surface area contributed by atoms with Crippen LogP contribution in [0.15, 0.2) is 23.5 Å². The number of aliphatic hydroxyl groups excluding tert-OH is 1. The van der Waals surface area contributed by atoms with Crippen molar-refractivity contribution in [3.8, 4) is 12.3 Å². The van der Waals surface area contributed by atoms with E-state index in [9.17, 15) is 10.2 Å². The van der Waals surface area contributed by atoms with Crippen LogP contribution in [0.1, 0.15) is 51.9 Å². The zero-order valence-electron chi connectivity index (χ0n) is 13.4. The maximum absolute atomic E-state index is 10.9. The predicted molar refractivity (Wildman–Crippen MR) is 87.0 cm³/mol. The number of terminal acetylenes is 1. The molecule has 4 aliphatic carbocycles. The normalized spacial score (nSPS) is 50.0. The quantitative estimate of drug-likeness (QED) is 0.664. The number of aliphatic hydroxyl groups is 2. The SMILES string of the molecule is C#C[C@]1(O)CC[C@H]2[C@@H]3CC=C4C=C(O)CC[C@@H]4[C@H]3CC[C@@]21C. The second kappa shape index (κ2) is 4.65. The lowest BCUT2D eigenvalue weighted by atomic mass is 9.51. The zero-order chi connectivity index (χ0) is 15.5. The van der Waals surface area contributed by atoms with Crippen LogP contribution in [0.25, 0.3) is 0 Å². The van der Waals surface area contributed by atoms with Crippen LogP contribution >= 0.6 is 0 Å². The van der Waals surface area contributed by atoms with Crippen LogP contribution in [0.2, 0.25) is 0 Å². The fraction of sp³-hybridized carbons (Fsp3) is 0.700. The Morgan fingerprint density at radius 2 is 2.05 bits per heavy atom. The molecule has 0 radical (unpaired) electrons. The van der Waals surface area contributed by atoms with Gasteiger partial charge in [0.1, 0.15) is 5.60 Å². The third-order valence-electron chi connectivity index (χ3n) is 7.50. The second-order valence-electron chi connectivity index (χ2n) is 8.15. The first-order valence-electron chi connectivity index (χ1n) is 8.78. The van der Waals surface area contributed by atoms with E-state index in [1.807, 2.05) is 6.08 Å². The number of allylic oxidation sites excluding steroid dienone is 4. The highest BCUT2D eigenvalue weighted by Gasteiger charge is 2.61. The van der Waals surface area contributed by atoms with Crippen molar-refractivity contribution in [3.63, 3.8) is 0 Å². The molecule has 2 fully saturated rings. The van der Waals surface area contributed by atoms with Gasteiger partial charge in [-0.3, -0.25) is 0 Å². The number of fused-ring (bicyclic) bond motifs is 5. The molecule has 0 bridgehead atoms. The number of hydrogen-bond donors (Lipinski definition) is 2. The Hall–Kier alpha value is -1.20. The Morgan fingerprint density at radius 1 is 1.23 bits per heavy atom. The average molecular weight is 298 g/mol. The second-order valence-corrected chi connectivity index (χ2v) is 8.15. The van der Waals surface area contributed by atoms with Gasteiger partial charge in [0.05, 0.1) is 5.76 Å². The van der Waals surface area contributed by atoms with Gasteiger partial charge in [0, 0.05) is 11.8 Å². The van der Waals surface area contributed by atoms with E-state index in [4.69, 9.17) is 6.42 Å². The van der Waals surface area contributed by atoms with Gasteiger partial charge in [0.2, 0.25) is 0 Å². The highest BCUT2D eigenvalue weighted by Crippen LogP contribution is 2.64. The summed E-state index contributed by atoms with van der Waals surface area (Å²) in [5.41, 5.74) is 0.344. The summed E-state index contributed by atoms with van der Waals surface area (Å²) in [6, 6.07) is 0. The van der Waals surface area contributed by atoms with Crippen LogP contribution in [-0.4, -0.2) is 15.8 Å². The lowest BCUT2D eigenvalue weighted by molar-refractivity contribution is -0.0803. The molecule has 0 unspecified atom stereocenters. The van der Waals surface area contributed by atoms with E-state index in [0.717, 1.165) is 44.9 Å². The standard InChI is InChI=1S/C20H26O2/c1-3-20(22)11-9-18-17-6-4-13-12-14(21)5-7-15(13)16(17)8-10-19(18,20)2/h1,4,12,15-18,21-22H,5-11H2,2H3/t15-,16+,17+,18-,19-,20-/m0/s1. The van der Waals surface area contributed by atoms with Gasteiger partial charge in [-0.1, -0.05) is 18.9 Å². The van der Waals surface area contributed by atoms with Crippen molar-refractivity contribution >= 4 is 0 Å². The van der Waals surface area contributed by atoms with Crippen molar-refractivity contribution in [2.24, 2.45) is 29.1 Å². The van der Waals surface area contributed by atoms with Crippen LogP contribution < -0.4 is 0 Å². The van der Waals surface area contributed by atoms with Crippen molar-refractivity contribution in [2.75, 3.05) is 0 Å². The summed E-state index contributed by atoms with van der Waals surface area (Å²) in [5, 5.41) is 20.7. The van der Waals surface area contributed by atoms with Gasteiger partial charge in [-0.25, -0.2) is 0 Å². The summed E-state index contributed by atoms with van der Waals surface area (Å²) in [6.07, 6.45) is 17.1. The van der Waals surface area contributed by atoms with Gasteiger partial charge in [0.15, 0.2) is 0 Å². The summed E-state index contributed by atoms with van der Waals surface area (Å²) in [4.78, 5) is 0. The molecule has 2 saturated carbocycles. The molecule has 4 rings (SSSR count). The molecule has 0 amide bonds. The molecule has 4 aliphatic rings. The smallest absolute Gasteiger partial charge is 0.130 e. The molecule has 2 nitrogen and oxygen atoms in total. The molecule has 2 N–H and O–H groups in total. The number of rotatable bonds is 0. The first-order chi connectivity index (χ1) is 10.5. The van der Waals surface area contributed by atoms with Crippen molar-refractivity contribution in [1.29, 1.82) is 0 Å². The maximum Gasteiger partial charge on any atom is 0.130 e. The fourth-order valence-electron chi connectivity index (χ4n) is 6.19. The average Bonchev–Trinajstić information content (AvgIpc) is 2.79. The molecule has 0 aromatic rings. The first-order valence-corrected chi connectivity index (χ1v) is 8.78. The highest BCUT2D eigenvalue weighted by molar-refractivity contribution is 5.32. The van der Waals surface area contributed by atoms with E-state index in [-0.39, 0.29) is 5.41 Å². The van der Waals surface area contributed by atoms with E-state index < -0.39 is 5.60 Å². The van der Waals surface area contributed by atoms with Crippen molar-refractivity contribution < 1.29 is 10.2 Å². The Labute approximate surface area is 133 Å². The van der Waals surface area contributed by atoms with E-state index in [1.165, 1.54) is 5.57 Å². The van der Waals surface area contributed by atoms with Crippen LogP contribution in [0.4, 0.5) is 0 Å². The van der Waals surface area contributed by atoms with E-state index in [1.54, 1.807) is 0 Å². The van der Waals surface area contributed by atoms with Crippen molar-refractivity contribution in [1.82, 2.24) is 0 Å². The summed E-state index contributed by atoms with van der Waals surface area (Å²) >= 11 is 0. The van der Waals surface area contributed by atoms with Gasteiger partial charge >= 0.3 is 0 Å². The molecule has 0 aliphatic heterocycles. The largest absolute Gasteiger partial charge is 0.512 e. The molecular weight excluding hydrogens is 272 g/mol. The van der Waals surface area contributed by atoms with E-state index in [2.05, 4.69) is 18.9 Å². The van der Waals surface area contributed by atoms with Crippen LogP contribution in [0, 0.1) is 41.4 Å². The lowest BCUT2D eigenvalue weighted by Crippen LogP contribution is -2.51. The molecule has 6 atom stereocenters. The van der Waals surface area contributed by atoms with Crippen molar-refractivity contribution in [2.45, 2.75) is 57.5 Å². The van der Waals surface area contributed by atoms with Crippen LogP contribution in [0.3, 0.4) is 0 Å². The van der Waals surface area contributed by atoms with Gasteiger partial charge in [-0.2, -0.15) is 0 Å². The molecular formula is C20H26O2. The van der Waals surface area contributed by atoms with Gasteiger partial charge in [0.25, 0.3) is 0 Å². The molecule has 0 saturated heterocycles. The van der Waals surface area contributed by atoms with Gasteiger partial charge in [-0.15, -0.1) is 6.42 Å². The third kappa shape index (κ3) is 1.72. The molecule has 0 aromatic heterocycles. The minimum Gasteiger partial charge on any atom is -0.512 e. The lowest BCUT2D eigenvalue weighted by Gasteiger charge is -2.53. The predicted octanol–water partition coefficient (Wildman–Crippen LogP) is 3.98. The zero-order valence-corrected chi connectivity index (χ0v) is 13.4. The van der Waals surface area contributed by atoms with E-state index in [0.29, 0.717) is 29.4 Å². The minimum atomic E-state index is -0.905. The highest BCUT2D eigenvalue weighted by atomic mass is 16.3. The maximum atomic E-state index is 10.9. The molecule has 0 aromatic carbocycles. The van der Waals surface area contributed by atoms with Crippen LogP contribution in [0.5, 0.6) is 0 Å².